The molecule has 0 atom stereocenters. The fourth-order valence-corrected chi connectivity index (χ4v) is 2.46. The lowest BCUT2D eigenvalue weighted by atomic mass is 10.1. The average molecular weight is 335 g/mol. The summed E-state index contributed by atoms with van der Waals surface area (Å²) in [5, 5.41) is 14.9. The zero-order valence-corrected chi connectivity index (χ0v) is 13.9. The van der Waals surface area contributed by atoms with E-state index in [0.29, 0.717) is 17.1 Å². The largest absolute Gasteiger partial charge is 0.324 e. The van der Waals surface area contributed by atoms with Crippen LogP contribution in [0.4, 0.5) is 5.69 Å². The minimum absolute atomic E-state index is 0.0921. The van der Waals surface area contributed by atoms with Crippen LogP contribution >= 0.6 is 0 Å². The van der Waals surface area contributed by atoms with Crippen molar-refractivity contribution < 1.29 is 9.59 Å². The Hall–Kier alpha value is -3.35. The zero-order valence-electron chi connectivity index (χ0n) is 13.9. The van der Waals surface area contributed by atoms with Crippen molar-refractivity contribution in [3.05, 3.63) is 59.7 Å². The molecule has 0 bridgehead atoms. The molecule has 25 heavy (non-hydrogen) atoms. The van der Waals surface area contributed by atoms with Gasteiger partial charge in [0.15, 0.2) is 5.78 Å². The number of Topliss-reactive ketones (excluding diaryl/α,β-unsaturated/α-hetero) is 1. The molecule has 1 aromatic heterocycles. The van der Waals surface area contributed by atoms with Gasteiger partial charge in [0.25, 0.3) is 0 Å². The molecule has 1 heterocycles. The van der Waals surface area contributed by atoms with Crippen LogP contribution < -0.4 is 5.32 Å². The van der Waals surface area contributed by atoms with Crippen molar-refractivity contribution in [1.29, 1.82) is 0 Å². The van der Waals surface area contributed by atoms with E-state index in [0.717, 1.165) is 11.1 Å². The van der Waals surface area contributed by atoms with Gasteiger partial charge >= 0.3 is 0 Å². The molecule has 7 heteroatoms. The maximum absolute atomic E-state index is 12.2. The molecular formula is C18H17N5O2. The number of tetrazole rings is 1. The number of hydrogen-bond donors (Lipinski definition) is 1. The van der Waals surface area contributed by atoms with Crippen molar-refractivity contribution in [2.24, 2.45) is 0 Å². The van der Waals surface area contributed by atoms with E-state index < -0.39 is 0 Å². The van der Waals surface area contributed by atoms with Gasteiger partial charge in [-0.1, -0.05) is 36.4 Å². The monoisotopic (exact) mass is 335 g/mol. The van der Waals surface area contributed by atoms with E-state index in [1.165, 1.54) is 11.7 Å². The van der Waals surface area contributed by atoms with Gasteiger partial charge in [-0.3, -0.25) is 9.59 Å². The molecule has 2 aromatic carbocycles. The molecule has 0 aliphatic heterocycles. The number of rotatable bonds is 5. The van der Waals surface area contributed by atoms with Gasteiger partial charge in [-0.15, -0.1) is 10.2 Å². The molecule has 7 nitrogen and oxygen atoms in total. The number of amides is 1. The quantitative estimate of drug-likeness (QED) is 0.724. The van der Waals surface area contributed by atoms with Crippen LogP contribution in [0, 0.1) is 6.92 Å². The van der Waals surface area contributed by atoms with Gasteiger partial charge in [-0.05, 0) is 36.8 Å². The first-order valence-electron chi connectivity index (χ1n) is 7.78. The number of hydrogen-bond acceptors (Lipinski definition) is 5. The topological polar surface area (TPSA) is 89.8 Å². The number of nitrogens with zero attached hydrogens (tertiary/aromatic N) is 4. The van der Waals surface area contributed by atoms with E-state index >= 15 is 0 Å². The van der Waals surface area contributed by atoms with E-state index in [-0.39, 0.29) is 18.2 Å². The second kappa shape index (κ2) is 7.04. The van der Waals surface area contributed by atoms with E-state index in [4.69, 9.17) is 0 Å². The van der Waals surface area contributed by atoms with Crippen LogP contribution in [0.1, 0.15) is 22.8 Å². The second-order valence-corrected chi connectivity index (χ2v) is 5.61. The molecule has 1 N–H and O–H groups in total. The summed E-state index contributed by atoms with van der Waals surface area (Å²) in [4.78, 5) is 25.1. The molecular weight excluding hydrogens is 318 g/mol. The molecule has 1 amide bonds. The summed E-state index contributed by atoms with van der Waals surface area (Å²) in [6.45, 7) is 3.32. The summed E-state index contributed by atoms with van der Waals surface area (Å²) in [7, 11) is 0. The molecule has 0 fully saturated rings. The SMILES string of the molecule is CC(=O)c1ccccc1NC(=O)Cn1nnc(-c2ccccc2C)n1. The number of aryl methyl sites for hydroxylation is 1. The third kappa shape index (κ3) is 3.77. The first-order valence-corrected chi connectivity index (χ1v) is 7.78. The molecule has 0 saturated heterocycles. The van der Waals surface area contributed by atoms with E-state index in [2.05, 4.69) is 20.7 Å². The van der Waals surface area contributed by atoms with Crippen molar-refractivity contribution in [3.8, 4) is 11.4 Å². The fraction of sp³-hybridized carbons (Fsp3) is 0.167. The average Bonchev–Trinajstić information content (AvgIpc) is 3.03. The normalized spacial score (nSPS) is 10.5. The summed E-state index contributed by atoms with van der Waals surface area (Å²) in [6.07, 6.45) is 0. The summed E-state index contributed by atoms with van der Waals surface area (Å²) in [5.41, 5.74) is 2.83. The number of benzene rings is 2. The van der Waals surface area contributed by atoms with E-state index in [9.17, 15) is 9.59 Å². The third-order valence-corrected chi connectivity index (χ3v) is 3.70. The lowest BCUT2D eigenvalue weighted by Crippen LogP contribution is -2.21. The van der Waals surface area contributed by atoms with Crippen molar-refractivity contribution >= 4 is 17.4 Å². The van der Waals surface area contributed by atoms with Gasteiger partial charge in [-0.25, -0.2) is 0 Å². The van der Waals surface area contributed by atoms with Gasteiger partial charge in [0, 0.05) is 11.1 Å². The van der Waals surface area contributed by atoms with Crippen LogP contribution in [0.2, 0.25) is 0 Å². The van der Waals surface area contributed by atoms with Crippen molar-refractivity contribution in [1.82, 2.24) is 20.2 Å². The molecule has 3 aromatic rings. The van der Waals surface area contributed by atoms with Crippen LogP contribution in [0.15, 0.2) is 48.5 Å². The Balaban J connectivity index is 1.73. The number of anilines is 1. The van der Waals surface area contributed by atoms with Crippen LogP contribution in [0.25, 0.3) is 11.4 Å². The van der Waals surface area contributed by atoms with E-state index in [1.807, 2.05) is 31.2 Å². The Morgan fingerprint density at radius 3 is 2.56 bits per heavy atom. The Morgan fingerprint density at radius 2 is 1.80 bits per heavy atom. The van der Waals surface area contributed by atoms with Gasteiger partial charge in [-0.2, -0.15) is 4.80 Å². The maximum atomic E-state index is 12.2. The summed E-state index contributed by atoms with van der Waals surface area (Å²) in [5.74, 6) is 0.0223. The van der Waals surface area contributed by atoms with Crippen LogP contribution in [-0.2, 0) is 11.3 Å². The Morgan fingerprint density at radius 1 is 1.08 bits per heavy atom. The second-order valence-electron chi connectivity index (χ2n) is 5.61. The Kier molecular flexibility index (Phi) is 4.65. The number of carbonyl (C=O) groups excluding carboxylic acids is 2. The molecule has 0 aliphatic rings. The lowest BCUT2D eigenvalue weighted by molar-refractivity contribution is -0.117. The predicted octanol–water partition coefficient (Wildman–Crippen LogP) is 2.49. The maximum Gasteiger partial charge on any atom is 0.248 e. The summed E-state index contributed by atoms with van der Waals surface area (Å²) < 4.78 is 0. The molecule has 126 valence electrons. The minimum Gasteiger partial charge on any atom is -0.324 e. The standard InChI is InChI=1S/C18H17N5O2/c1-12-7-3-4-8-14(12)18-20-22-23(21-18)11-17(25)19-16-10-6-5-9-15(16)13(2)24/h3-10H,11H2,1-2H3,(H,19,25). The summed E-state index contributed by atoms with van der Waals surface area (Å²) >= 11 is 0. The summed E-state index contributed by atoms with van der Waals surface area (Å²) in [6, 6.07) is 14.6. The number of nitrogens with one attached hydrogen (secondary N) is 1. The highest BCUT2D eigenvalue weighted by Crippen LogP contribution is 2.18. The molecule has 0 radical (unpaired) electrons. The van der Waals surface area contributed by atoms with Crippen LogP contribution in [-0.4, -0.2) is 31.9 Å². The first-order chi connectivity index (χ1) is 12.0. The van der Waals surface area contributed by atoms with Gasteiger partial charge in [0.2, 0.25) is 11.7 Å². The Labute approximate surface area is 144 Å². The van der Waals surface area contributed by atoms with Crippen LogP contribution in [0.3, 0.4) is 0 Å². The Bertz CT molecular complexity index is 932. The predicted molar refractivity (Wildman–Crippen MR) is 93.1 cm³/mol. The first kappa shape index (κ1) is 16.5. The molecule has 0 saturated carbocycles. The molecule has 0 spiro atoms. The number of carbonyl (C=O) groups is 2. The number of para-hydroxylation sites is 1. The van der Waals surface area contributed by atoms with Crippen LogP contribution in [0.5, 0.6) is 0 Å². The van der Waals surface area contributed by atoms with Gasteiger partial charge in [0.05, 0.1) is 5.69 Å². The third-order valence-electron chi connectivity index (χ3n) is 3.70. The number of aromatic nitrogens is 4. The highest BCUT2D eigenvalue weighted by Gasteiger charge is 2.13. The van der Waals surface area contributed by atoms with Crippen molar-refractivity contribution in [2.45, 2.75) is 20.4 Å². The van der Waals surface area contributed by atoms with E-state index in [1.54, 1.807) is 24.3 Å². The van der Waals surface area contributed by atoms with Crippen molar-refractivity contribution in [3.63, 3.8) is 0 Å². The molecule has 0 unspecified atom stereocenters. The highest BCUT2D eigenvalue weighted by atomic mass is 16.2. The molecule has 0 aliphatic carbocycles. The smallest absolute Gasteiger partial charge is 0.248 e. The lowest BCUT2D eigenvalue weighted by Gasteiger charge is -2.08. The van der Waals surface area contributed by atoms with Gasteiger partial charge in [0.1, 0.15) is 6.54 Å². The molecule has 3 rings (SSSR count). The number of ketones is 1. The van der Waals surface area contributed by atoms with Gasteiger partial charge < -0.3 is 5.32 Å². The zero-order chi connectivity index (χ0) is 17.8. The van der Waals surface area contributed by atoms with Crippen molar-refractivity contribution in [2.75, 3.05) is 5.32 Å². The fourth-order valence-electron chi connectivity index (χ4n) is 2.46. The highest BCUT2D eigenvalue weighted by molar-refractivity contribution is 6.03. The minimum atomic E-state index is -0.331.